The van der Waals surface area contributed by atoms with Crippen molar-refractivity contribution in [3.63, 3.8) is 0 Å². The third-order valence-corrected chi connectivity index (χ3v) is 6.07. The summed E-state index contributed by atoms with van der Waals surface area (Å²) in [6.07, 6.45) is 0. The van der Waals surface area contributed by atoms with Crippen molar-refractivity contribution < 1.29 is 34.0 Å². The van der Waals surface area contributed by atoms with Gasteiger partial charge in [-0.2, -0.15) is 0 Å². The summed E-state index contributed by atoms with van der Waals surface area (Å²) in [6.45, 7) is 6.33. The zero-order chi connectivity index (χ0) is 26.7. The van der Waals surface area contributed by atoms with Gasteiger partial charge in [-0.05, 0) is 62.7 Å². The molecule has 0 aliphatic carbocycles. The average molecular weight is 504 g/mol. The zero-order valence-corrected chi connectivity index (χ0v) is 21.1. The molecule has 3 aromatic carbocycles. The molecule has 0 radical (unpaired) electrons. The fraction of sp³-hybridized carbons (Fsp3) is 0.241. The van der Waals surface area contributed by atoms with Crippen LogP contribution >= 0.6 is 0 Å². The minimum Gasteiger partial charge on any atom is -0.508 e. The third-order valence-electron chi connectivity index (χ3n) is 6.07. The van der Waals surface area contributed by atoms with Crippen LogP contribution in [-0.4, -0.2) is 42.2 Å². The van der Waals surface area contributed by atoms with Crippen molar-refractivity contribution in [2.75, 3.05) is 25.2 Å². The van der Waals surface area contributed by atoms with Crippen LogP contribution in [-0.2, 0) is 9.59 Å². The molecule has 0 saturated carbocycles. The Morgan fingerprint density at radius 2 is 1.54 bits per heavy atom. The number of phenolic OH excluding ortho intramolecular Hbond substituents is 1. The maximum Gasteiger partial charge on any atom is 0.300 e. The van der Waals surface area contributed by atoms with E-state index in [0.717, 1.165) is 5.56 Å². The van der Waals surface area contributed by atoms with Gasteiger partial charge >= 0.3 is 0 Å². The molecule has 1 unspecified atom stereocenters. The number of carbonyl (C=O) groups is 2. The number of Topliss-reactive ketones (excluding diaryl/α,β-unsaturated/α-hetero) is 1. The first-order valence-corrected chi connectivity index (χ1v) is 11.9. The molecule has 192 valence electrons. The second-order valence-corrected chi connectivity index (χ2v) is 8.46. The highest BCUT2D eigenvalue weighted by molar-refractivity contribution is 6.51. The molecular formula is C29H29NO7. The second-order valence-electron chi connectivity index (χ2n) is 8.46. The standard InChI is InChI=1S/C29H29NO7/c1-5-36-23-14-10-19(16-24(23)37-6-2)30-26(18-8-11-20(31)12-9-18)25(28(33)29(30)34)27(32)21-15-17(3)7-13-22(21)35-4/h7-16,26,31-32H,5-6H2,1-4H3/b27-25+. The molecule has 0 aromatic heterocycles. The highest BCUT2D eigenvalue weighted by Crippen LogP contribution is 2.45. The van der Waals surface area contributed by atoms with E-state index in [-0.39, 0.29) is 17.1 Å². The number of carbonyl (C=O) groups excluding carboxylic acids is 2. The van der Waals surface area contributed by atoms with Gasteiger partial charge in [0, 0.05) is 11.8 Å². The molecule has 1 atom stereocenters. The van der Waals surface area contributed by atoms with E-state index in [4.69, 9.17) is 14.2 Å². The van der Waals surface area contributed by atoms with E-state index < -0.39 is 17.7 Å². The quantitative estimate of drug-likeness (QED) is 0.249. The van der Waals surface area contributed by atoms with Gasteiger partial charge in [0.1, 0.15) is 17.3 Å². The summed E-state index contributed by atoms with van der Waals surface area (Å²) in [6, 6.07) is 15.4. The van der Waals surface area contributed by atoms with Gasteiger partial charge in [-0.15, -0.1) is 0 Å². The van der Waals surface area contributed by atoms with Gasteiger partial charge in [-0.3, -0.25) is 14.5 Å². The Hall–Kier alpha value is -4.46. The molecule has 0 bridgehead atoms. The number of aromatic hydroxyl groups is 1. The van der Waals surface area contributed by atoms with E-state index in [1.807, 2.05) is 26.8 Å². The van der Waals surface area contributed by atoms with Crippen LogP contribution in [0.4, 0.5) is 5.69 Å². The largest absolute Gasteiger partial charge is 0.508 e. The second kappa shape index (κ2) is 10.7. The minimum atomic E-state index is -0.974. The smallest absolute Gasteiger partial charge is 0.300 e. The monoisotopic (exact) mass is 503 g/mol. The fourth-order valence-electron chi connectivity index (χ4n) is 4.41. The summed E-state index contributed by atoms with van der Waals surface area (Å²) in [4.78, 5) is 28.3. The lowest BCUT2D eigenvalue weighted by Gasteiger charge is -2.26. The molecular weight excluding hydrogens is 474 g/mol. The topological polar surface area (TPSA) is 106 Å². The van der Waals surface area contributed by atoms with Gasteiger partial charge in [0.05, 0.1) is 37.5 Å². The Kier molecular flexibility index (Phi) is 7.38. The molecule has 1 aliphatic rings. The lowest BCUT2D eigenvalue weighted by molar-refractivity contribution is -0.132. The number of phenols is 1. The molecule has 8 nitrogen and oxygen atoms in total. The van der Waals surface area contributed by atoms with Crippen LogP contribution in [0, 0.1) is 6.92 Å². The van der Waals surface area contributed by atoms with Gasteiger partial charge in [-0.25, -0.2) is 0 Å². The van der Waals surface area contributed by atoms with Gasteiger partial charge in [-0.1, -0.05) is 23.8 Å². The maximum atomic E-state index is 13.5. The Bertz CT molecular complexity index is 1360. The van der Waals surface area contributed by atoms with Gasteiger partial charge < -0.3 is 24.4 Å². The molecule has 1 heterocycles. The number of nitrogens with zero attached hydrogens (tertiary/aromatic N) is 1. The van der Waals surface area contributed by atoms with Crippen LogP contribution in [0.3, 0.4) is 0 Å². The summed E-state index contributed by atoms with van der Waals surface area (Å²) < 4.78 is 16.8. The van der Waals surface area contributed by atoms with Crippen LogP contribution in [0.25, 0.3) is 5.76 Å². The first-order chi connectivity index (χ1) is 17.8. The van der Waals surface area contributed by atoms with E-state index >= 15 is 0 Å². The van der Waals surface area contributed by atoms with E-state index in [1.54, 1.807) is 42.5 Å². The van der Waals surface area contributed by atoms with Crippen LogP contribution in [0.5, 0.6) is 23.0 Å². The minimum absolute atomic E-state index is 0.0285. The molecule has 4 rings (SSSR count). The van der Waals surface area contributed by atoms with Gasteiger partial charge in [0.15, 0.2) is 11.5 Å². The highest BCUT2D eigenvalue weighted by atomic mass is 16.5. The maximum absolute atomic E-state index is 13.5. The van der Waals surface area contributed by atoms with Crippen LogP contribution in [0.15, 0.2) is 66.2 Å². The van der Waals surface area contributed by atoms with Crippen LogP contribution < -0.4 is 19.1 Å². The summed E-state index contributed by atoms with van der Waals surface area (Å²) >= 11 is 0. The van der Waals surface area contributed by atoms with Gasteiger partial charge in [0.25, 0.3) is 11.7 Å². The van der Waals surface area contributed by atoms with Crippen molar-refractivity contribution in [2.45, 2.75) is 26.8 Å². The normalized spacial score (nSPS) is 16.6. The van der Waals surface area contributed by atoms with E-state index in [1.165, 1.54) is 24.1 Å². The first-order valence-electron chi connectivity index (χ1n) is 11.9. The number of hydrogen-bond acceptors (Lipinski definition) is 7. The lowest BCUT2D eigenvalue weighted by Crippen LogP contribution is -2.29. The molecule has 2 N–H and O–H groups in total. The first kappa shape index (κ1) is 25.6. The Balaban J connectivity index is 1.95. The van der Waals surface area contributed by atoms with Gasteiger partial charge in [0.2, 0.25) is 0 Å². The molecule has 1 saturated heterocycles. The van der Waals surface area contributed by atoms with Crippen molar-refractivity contribution in [3.05, 3.63) is 82.9 Å². The van der Waals surface area contributed by atoms with Crippen molar-refractivity contribution >= 4 is 23.1 Å². The summed E-state index contributed by atoms with van der Waals surface area (Å²) in [5.74, 6) is -0.678. The molecule has 3 aromatic rings. The molecule has 1 amide bonds. The summed E-state index contributed by atoms with van der Waals surface area (Å²) in [5, 5.41) is 21.3. The van der Waals surface area contributed by atoms with Crippen LogP contribution in [0.1, 0.15) is 36.6 Å². The van der Waals surface area contributed by atoms with E-state index in [2.05, 4.69) is 0 Å². The number of aliphatic hydroxyl groups excluding tert-OH is 1. The van der Waals surface area contributed by atoms with Crippen molar-refractivity contribution in [2.24, 2.45) is 0 Å². The number of methoxy groups -OCH3 is 1. The number of aryl methyl sites for hydroxylation is 1. The summed E-state index contributed by atoms with van der Waals surface area (Å²) in [7, 11) is 1.46. The zero-order valence-electron chi connectivity index (χ0n) is 21.1. The predicted molar refractivity (Wildman–Crippen MR) is 139 cm³/mol. The Morgan fingerprint density at radius 1 is 0.892 bits per heavy atom. The number of aliphatic hydroxyl groups is 1. The van der Waals surface area contributed by atoms with Crippen molar-refractivity contribution in [1.82, 2.24) is 0 Å². The molecule has 0 spiro atoms. The van der Waals surface area contributed by atoms with Crippen LogP contribution in [0.2, 0.25) is 0 Å². The number of anilines is 1. The predicted octanol–water partition coefficient (Wildman–Crippen LogP) is 5.13. The number of amides is 1. The molecule has 1 aliphatic heterocycles. The number of rotatable bonds is 8. The van der Waals surface area contributed by atoms with Crippen molar-refractivity contribution in [1.29, 1.82) is 0 Å². The molecule has 8 heteroatoms. The SMILES string of the molecule is CCOc1ccc(N2C(=O)C(=O)/C(=C(/O)c3cc(C)ccc3OC)C2c2ccc(O)cc2)cc1OCC. The number of ketones is 1. The Labute approximate surface area is 215 Å². The van der Waals surface area contributed by atoms with E-state index in [9.17, 15) is 19.8 Å². The molecule has 1 fully saturated rings. The van der Waals surface area contributed by atoms with Crippen molar-refractivity contribution in [3.8, 4) is 23.0 Å². The number of hydrogen-bond donors (Lipinski definition) is 2. The average Bonchev–Trinajstić information content (AvgIpc) is 3.15. The summed E-state index contributed by atoms with van der Waals surface area (Å²) in [5.41, 5.74) is 1.96. The van der Waals surface area contributed by atoms with E-state index in [0.29, 0.717) is 47.3 Å². The Morgan fingerprint density at radius 3 is 2.19 bits per heavy atom. The molecule has 37 heavy (non-hydrogen) atoms. The number of benzene rings is 3. The highest BCUT2D eigenvalue weighted by Gasteiger charge is 2.47. The lowest BCUT2D eigenvalue weighted by atomic mass is 9.94. The number of ether oxygens (including phenoxy) is 3. The third kappa shape index (κ3) is 4.82. The fourth-order valence-corrected chi connectivity index (χ4v) is 4.41.